The van der Waals surface area contributed by atoms with Crippen LogP contribution >= 0.6 is 11.6 Å². The van der Waals surface area contributed by atoms with Crippen molar-refractivity contribution < 1.29 is 19.2 Å². The molecule has 23 heavy (non-hydrogen) atoms. The number of ether oxygens (including phenoxy) is 1. The van der Waals surface area contributed by atoms with Crippen LogP contribution in [-0.2, 0) is 14.4 Å². The lowest BCUT2D eigenvalue weighted by molar-refractivity contribution is -0.159. The highest BCUT2D eigenvalue weighted by molar-refractivity contribution is 6.30. The van der Waals surface area contributed by atoms with Gasteiger partial charge in [-0.2, -0.15) is 0 Å². The van der Waals surface area contributed by atoms with E-state index in [0.29, 0.717) is 23.7 Å². The number of hydroxylamine groups is 2. The number of rotatable bonds is 3. The number of carbonyl (C=O) groups is 2. The fraction of sp³-hybridized carbons (Fsp3) is 0.500. The van der Waals surface area contributed by atoms with Gasteiger partial charge in [-0.3, -0.25) is 4.79 Å². The zero-order chi connectivity index (χ0) is 17.0. The van der Waals surface area contributed by atoms with Gasteiger partial charge in [0.2, 0.25) is 5.91 Å². The summed E-state index contributed by atoms with van der Waals surface area (Å²) < 4.78 is 5.11. The first-order chi connectivity index (χ1) is 10.7. The fourth-order valence-electron chi connectivity index (χ4n) is 2.23. The van der Waals surface area contributed by atoms with Crippen molar-refractivity contribution in [1.29, 1.82) is 0 Å². The highest BCUT2D eigenvalue weighted by Gasteiger charge is 2.35. The van der Waals surface area contributed by atoms with Crippen LogP contribution in [0.15, 0.2) is 24.3 Å². The summed E-state index contributed by atoms with van der Waals surface area (Å²) in [5.41, 5.74) is 0.00114. The molecular weight excluding hydrogens is 320 g/mol. The Hall–Kier alpha value is -1.79. The molecule has 1 N–H and O–H groups in total. The van der Waals surface area contributed by atoms with Gasteiger partial charge in [-0.1, -0.05) is 11.6 Å². The van der Waals surface area contributed by atoms with E-state index < -0.39 is 17.8 Å². The van der Waals surface area contributed by atoms with Crippen LogP contribution in [-0.4, -0.2) is 35.3 Å². The summed E-state index contributed by atoms with van der Waals surface area (Å²) in [5.74, 6) is -0.228. The van der Waals surface area contributed by atoms with Crippen LogP contribution in [0.3, 0.4) is 0 Å². The quantitative estimate of drug-likeness (QED) is 0.851. The van der Waals surface area contributed by atoms with E-state index in [0.717, 1.165) is 6.42 Å². The number of hydrogen-bond donors (Lipinski definition) is 1. The summed E-state index contributed by atoms with van der Waals surface area (Å²) in [4.78, 5) is 29.3. The van der Waals surface area contributed by atoms with Crippen LogP contribution in [0.4, 0.5) is 10.5 Å². The minimum absolute atomic E-state index is 0.228. The minimum Gasteiger partial charge on any atom is -0.427 e. The van der Waals surface area contributed by atoms with Crippen LogP contribution in [0.1, 0.15) is 33.6 Å². The number of carbonyl (C=O) groups excluding carboxylic acids is 2. The van der Waals surface area contributed by atoms with Gasteiger partial charge in [0, 0.05) is 17.3 Å². The Bertz CT molecular complexity index is 568. The number of nitrogens with zero attached hydrogens (tertiary/aromatic N) is 1. The van der Waals surface area contributed by atoms with Gasteiger partial charge in [-0.25, -0.2) is 4.79 Å². The molecule has 1 aromatic rings. The van der Waals surface area contributed by atoms with Crippen LogP contribution in [0.5, 0.6) is 0 Å². The zero-order valence-corrected chi connectivity index (χ0v) is 14.2. The standard InChI is InChI=1S/C16H21ClN2O4/c1-16(2,3)22-15(21)23-19-10-4-5-13(19)14(20)18-12-8-6-11(17)7-9-12/h6-9,13H,4-5,10H2,1-3H3,(H,18,20)/t13-/m1/s1. The number of benzene rings is 1. The molecule has 1 aliphatic heterocycles. The van der Waals surface area contributed by atoms with Gasteiger partial charge in [0.05, 0.1) is 0 Å². The largest absolute Gasteiger partial charge is 0.528 e. The Morgan fingerprint density at radius 2 is 1.91 bits per heavy atom. The van der Waals surface area contributed by atoms with Gasteiger partial charge in [0.25, 0.3) is 0 Å². The maximum Gasteiger partial charge on any atom is 0.528 e. The molecule has 0 radical (unpaired) electrons. The van der Waals surface area contributed by atoms with Crippen LogP contribution < -0.4 is 5.32 Å². The molecule has 1 aliphatic rings. The Labute approximate surface area is 140 Å². The Kier molecular flexibility index (Phi) is 5.49. The number of anilines is 1. The van der Waals surface area contributed by atoms with Crippen molar-refractivity contribution in [2.24, 2.45) is 0 Å². The SMILES string of the molecule is CC(C)(C)OC(=O)ON1CCC[C@@H]1C(=O)Nc1ccc(Cl)cc1. The first-order valence-electron chi connectivity index (χ1n) is 7.48. The molecular formula is C16H21ClN2O4. The van der Waals surface area contributed by atoms with Crippen molar-refractivity contribution >= 4 is 29.4 Å². The molecule has 0 aromatic heterocycles. The minimum atomic E-state index is -0.802. The normalized spacial score (nSPS) is 18.5. The number of halogens is 1. The van der Waals surface area contributed by atoms with Gasteiger partial charge in [0.1, 0.15) is 11.6 Å². The van der Waals surface area contributed by atoms with E-state index in [1.165, 1.54) is 5.06 Å². The second kappa shape index (κ2) is 7.19. The first kappa shape index (κ1) is 17.6. The molecule has 0 unspecified atom stereocenters. The molecule has 1 heterocycles. The summed E-state index contributed by atoms with van der Waals surface area (Å²) in [7, 11) is 0. The van der Waals surface area contributed by atoms with Gasteiger partial charge < -0.3 is 14.9 Å². The highest BCUT2D eigenvalue weighted by atomic mass is 35.5. The molecule has 1 atom stereocenters. The Morgan fingerprint density at radius 3 is 2.52 bits per heavy atom. The lowest BCUT2D eigenvalue weighted by Crippen LogP contribution is -2.41. The van der Waals surface area contributed by atoms with Gasteiger partial charge in [-0.05, 0) is 57.9 Å². The second-order valence-corrected chi connectivity index (χ2v) is 6.79. The number of hydrogen-bond acceptors (Lipinski definition) is 5. The summed E-state index contributed by atoms with van der Waals surface area (Å²) in [6, 6.07) is 6.29. The van der Waals surface area contributed by atoms with Crippen molar-refractivity contribution in [3.05, 3.63) is 29.3 Å². The molecule has 1 aromatic carbocycles. The summed E-state index contributed by atoms with van der Waals surface area (Å²) in [6.07, 6.45) is 0.577. The van der Waals surface area contributed by atoms with Crippen molar-refractivity contribution in [3.63, 3.8) is 0 Å². The predicted octanol–water partition coefficient (Wildman–Crippen LogP) is 3.61. The van der Waals surface area contributed by atoms with E-state index in [-0.39, 0.29) is 5.91 Å². The van der Waals surface area contributed by atoms with E-state index >= 15 is 0 Å². The average Bonchev–Trinajstić information content (AvgIpc) is 2.87. The second-order valence-electron chi connectivity index (χ2n) is 6.35. The molecule has 1 amide bonds. The average molecular weight is 341 g/mol. The third-order valence-electron chi connectivity index (χ3n) is 3.20. The van der Waals surface area contributed by atoms with Crippen LogP contribution in [0, 0.1) is 0 Å². The predicted molar refractivity (Wildman–Crippen MR) is 87.1 cm³/mol. The third-order valence-corrected chi connectivity index (χ3v) is 3.45. The van der Waals surface area contributed by atoms with Gasteiger partial charge in [-0.15, -0.1) is 5.06 Å². The number of amides is 1. The summed E-state index contributed by atoms with van der Waals surface area (Å²) in [6.45, 7) is 5.76. The fourth-order valence-corrected chi connectivity index (χ4v) is 2.36. The van der Waals surface area contributed by atoms with E-state index in [4.69, 9.17) is 21.2 Å². The van der Waals surface area contributed by atoms with E-state index in [1.807, 2.05) is 0 Å². The zero-order valence-electron chi connectivity index (χ0n) is 13.5. The summed E-state index contributed by atoms with van der Waals surface area (Å²) in [5, 5.41) is 4.76. The van der Waals surface area contributed by atoms with Crippen molar-refractivity contribution in [2.45, 2.75) is 45.3 Å². The highest BCUT2D eigenvalue weighted by Crippen LogP contribution is 2.21. The van der Waals surface area contributed by atoms with Crippen LogP contribution in [0.25, 0.3) is 0 Å². The maximum absolute atomic E-state index is 12.4. The molecule has 0 bridgehead atoms. The van der Waals surface area contributed by atoms with E-state index in [1.54, 1.807) is 45.0 Å². The summed E-state index contributed by atoms with van der Waals surface area (Å²) >= 11 is 5.82. The van der Waals surface area contributed by atoms with Gasteiger partial charge in [0.15, 0.2) is 0 Å². The molecule has 0 spiro atoms. The lowest BCUT2D eigenvalue weighted by atomic mass is 10.2. The van der Waals surface area contributed by atoms with E-state index in [9.17, 15) is 9.59 Å². The topological polar surface area (TPSA) is 67.9 Å². The molecule has 6 nitrogen and oxygen atoms in total. The van der Waals surface area contributed by atoms with Gasteiger partial charge >= 0.3 is 6.16 Å². The Balaban J connectivity index is 1.93. The molecule has 126 valence electrons. The molecule has 0 aliphatic carbocycles. The van der Waals surface area contributed by atoms with E-state index in [2.05, 4.69) is 5.32 Å². The monoisotopic (exact) mass is 340 g/mol. The molecule has 7 heteroatoms. The molecule has 1 fully saturated rings. The number of nitrogens with one attached hydrogen (secondary N) is 1. The Morgan fingerprint density at radius 1 is 1.26 bits per heavy atom. The first-order valence-corrected chi connectivity index (χ1v) is 7.86. The van der Waals surface area contributed by atoms with Crippen LogP contribution in [0.2, 0.25) is 5.02 Å². The lowest BCUT2D eigenvalue weighted by Gasteiger charge is -2.25. The molecule has 0 saturated carbocycles. The molecule has 2 rings (SSSR count). The smallest absolute Gasteiger partial charge is 0.427 e. The van der Waals surface area contributed by atoms with Crippen molar-refractivity contribution in [3.8, 4) is 0 Å². The third kappa shape index (κ3) is 5.41. The maximum atomic E-state index is 12.4. The molecule has 1 saturated heterocycles. The van der Waals surface area contributed by atoms with Crippen molar-refractivity contribution in [2.75, 3.05) is 11.9 Å². The van der Waals surface area contributed by atoms with Crippen molar-refractivity contribution in [1.82, 2.24) is 5.06 Å².